The van der Waals surface area contributed by atoms with E-state index in [9.17, 15) is 27.3 Å². The number of hydrogen-bond donors (Lipinski definition) is 0. The molecule has 1 aliphatic heterocycles. The molecule has 3 rings (SSSR count). The number of hydrogen-bond acceptors (Lipinski definition) is 6. The first kappa shape index (κ1) is 18.2. The van der Waals surface area contributed by atoms with Crippen molar-refractivity contribution in [2.24, 2.45) is 0 Å². The maximum Gasteiger partial charge on any atom is 0.341 e. The van der Waals surface area contributed by atoms with Gasteiger partial charge in [0.05, 0.1) is 15.9 Å². The standard InChI is InChI=1S/C15H16F2N4O4S/c16-15(17)26(24,25)12-2-3-13(14(10-12)21(22)23)19-8-4-11(5-9-19)20-7-1-6-18-20/h1-3,6-7,10-11,15H,4-5,8-9H2. The van der Waals surface area contributed by atoms with Crippen molar-refractivity contribution in [1.29, 1.82) is 0 Å². The molecule has 0 unspecified atom stereocenters. The van der Waals surface area contributed by atoms with Gasteiger partial charge in [0.1, 0.15) is 5.69 Å². The molecule has 0 amide bonds. The van der Waals surface area contributed by atoms with Gasteiger partial charge in [0.15, 0.2) is 0 Å². The van der Waals surface area contributed by atoms with Crippen LogP contribution in [0.25, 0.3) is 0 Å². The number of nitro benzene ring substituents is 1. The lowest BCUT2D eigenvalue weighted by Gasteiger charge is -2.33. The van der Waals surface area contributed by atoms with Gasteiger partial charge in [-0.25, -0.2) is 8.42 Å². The highest BCUT2D eigenvalue weighted by atomic mass is 32.2. The molecule has 0 radical (unpaired) electrons. The lowest BCUT2D eigenvalue weighted by atomic mass is 10.0. The molecule has 1 saturated heterocycles. The van der Waals surface area contributed by atoms with Gasteiger partial charge in [-0.1, -0.05) is 0 Å². The Balaban J connectivity index is 1.85. The van der Waals surface area contributed by atoms with Gasteiger partial charge in [-0.15, -0.1) is 0 Å². The Morgan fingerprint density at radius 3 is 2.50 bits per heavy atom. The van der Waals surface area contributed by atoms with E-state index in [2.05, 4.69) is 5.10 Å². The number of alkyl halides is 2. The summed E-state index contributed by atoms with van der Waals surface area (Å²) in [7, 11) is -4.89. The summed E-state index contributed by atoms with van der Waals surface area (Å²) < 4.78 is 50.4. The second kappa shape index (κ2) is 6.98. The number of rotatable bonds is 5. The molecule has 0 saturated carbocycles. The van der Waals surface area contributed by atoms with Crippen LogP contribution in [-0.2, 0) is 9.84 Å². The molecule has 2 aromatic rings. The maximum atomic E-state index is 12.7. The van der Waals surface area contributed by atoms with Crippen LogP contribution in [0.15, 0.2) is 41.6 Å². The average Bonchev–Trinajstić information content (AvgIpc) is 3.16. The normalized spacial score (nSPS) is 16.2. The summed E-state index contributed by atoms with van der Waals surface area (Å²) in [6.07, 6.45) is 4.94. The minimum absolute atomic E-state index is 0.179. The van der Waals surface area contributed by atoms with E-state index in [1.807, 2.05) is 16.9 Å². The van der Waals surface area contributed by atoms with E-state index in [0.717, 1.165) is 6.07 Å². The molecule has 1 fully saturated rings. The van der Waals surface area contributed by atoms with Crippen LogP contribution in [0.2, 0.25) is 0 Å². The predicted octanol–water partition coefficient (Wildman–Crippen LogP) is 2.63. The van der Waals surface area contributed by atoms with Crippen molar-refractivity contribution in [3.8, 4) is 0 Å². The summed E-state index contributed by atoms with van der Waals surface area (Å²) in [6, 6.07) is 4.92. The van der Waals surface area contributed by atoms with Crippen molar-refractivity contribution in [2.75, 3.05) is 18.0 Å². The summed E-state index contributed by atoms with van der Waals surface area (Å²) >= 11 is 0. The molecule has 140 valence electrons. The van der Waals surface area contributed by atoms with Crippen LogP contribution in [0.4, 0.5) is 20.2 Å². The molecule has 1 aliphatic rings. The zero-order valence-corrected chi connectivity index (χ0v) is 14.3. The second-order valence-electron chi connectivity index (χ2n) is 5.92. The molecule has 0 aliphatic carbocycles. The van der Waals surface area contributed by atoms with Crippen LogP contribution >= 0.6 is 0 Å². The van der Waals surface area contributed by atoms with Crippen LogP contribution in [0.3, 0.4) is 0 Å². The van der Waals surface area contributed by atoms with E-state index in [1.54, 1.807) is 11.1 Å². The van der Waals surface area contributed by atoms with Crippen LogP contribution in [0.1, 0.15) is 18.9 Å². The Kier molecular flexibility index (Phi) is 4.90. The Labute approximate surface area is 148 Å². The van der Waals surface area contributed by atoms with Crippen molar-refractivity contribution < 1.29 is 22.1 Å². The quantitative estimate of drug-likeness (QED) is 0.579. The van der Waals surface area contributed by atoms with Gasteiger partial charge in [0.2, 0.25) is 9.84 Å². The molecule has 11 heteroatoms. The van der Waals surface area contributed by atoms with Gasteiger partial charge >= 0.3 is 5.76 Å². The molecular formula is C15H16F2N4O4S. The highest BCUT2D eigenvalue weighted by molar-refractivity contribution is 7.91. The summed E-state index contributed by atoms with van der Waals surface area (Å²) in [5, 5.41) is 15.5. The van der Waals surface area contributed by atoms with Crippen LogP contribution in [-0.4, -0.2) is 42.0 Å². The molecular weight excluding hydrogens is 370 g/mol. The van der Waals surface area contributed by atoms with Gasteiger partial charge in [-0.05, 0) is 31.0 Å². The van der Waals surface area contributed by atoms with Crippen molar-refractivity contribution in [2.45, 2.75) is 29.5 Å². The fourth-order valence-electron chi connectivity index (χ4n) is 3.06. The number of aromatic nitrogens is 2. The highest BCUT2D eigenvalue weighted by Crippen LogP contribution is 2.35. The Morgan fingerprint density at radius 2 is 1.96 bits per heavy atom. The fraction of sp³-hybridized carbons (Fsp3) is 0.400. The largest absolute Gasteiger partial charge is 0.366 e. The van der Waals surface area contributed by atoms with Crippen LogP contribution in [0, 0.1) is 10.1 Å². The highest BCUT2D eigenvalue weighted by Gasteiger charge is 2.31. The van der Waals surface area contributed by atoms with E-state index in [0.29, 0.717) is 32.0 Å². The van der Waals surface area contributed by atoms with Crippen LogP contribution < -0.4 is 4.90 Å². The number of anilines is 1. The topological polar surface area (TPSA) is 98.3 Å². The number of piperidine rings is 1. The summed E-state index contributed by atoms with van der Waals surface area (Å²) in [4.78, 5) is 11.6. The monoisotopic (exact) mass is 386 g/mol. The van der Waals surface area contributed by atoms with Gasteiger partial charge in [-0.3, -0.25) is 14.8 Å². The Morgan fingerprint density at radius 1 is 1.27 bits per heavy atom. The first-order chi connectivity index (χ1) is 12.3. The van der Waals surface area contributed by atoms with Crippen LogP contribution in [0.5, 0.6) is 0 Å². The van der Waals surface area contributed by atoms with E-state index >= 15 is 0 Å². The first-order valence-electron chi connectivity index (χ1n) is 7.85. The van der Waals surface area contributed by atoms with Gasteiger partial charge < -0.3 is 4.90 Å². The second-order valence-corrected chi connectivity index (χ2v) is 7.84. The fourth-order valence-corrected chi connectivity index (χ4v) is 3.80. The van der Waals surface area contributed by atoms with Gasteiger partial charge in [0, 0.05) is 31.5 Å². The zero-order valence-electron chi connectivity index (χ0n) is 13.5. The molecule has 0 N–H and O–H groups in total. The molecule has 8 nitrogen and oxygen atoms in total. The lowest BCUT2D eigenvalue weighted by molar-refractivity contribution is -0.384. The van der Waals surface area contributed by atoms with E-state index in [4.69, 9.17) is 0 Å². The third-order valence-corrected chi connectivity index (χ3v) is 5.79. The van der Waals surface area contributed by atoms with E-state index in [-0.39, 0.29) is 11.7 Å². The molecule has 0 spiro atoms. The molecule has 0 atom stereocenters. The molecule has 2 heterocycles. The first-order valence-corrected chi connectivity index (χ1v) is 9.40. The third kappa shape index (κ3) is 3.39. The van der Waals surface area contributed by atoms with E-state index in [1.165, 1.54) is 6.07 Å². The number of halogens is 2. The number of nitro groups is 1. The summed E-state index contributed by atoms with van der Waals surface area (Å²) in [5.41, 5.74) is -0.272. The average molecular weight is 386 g/mol. The zero-order chi connectivity index (χ0) is 18.9. The predicted molar refractivity (Wildman–Crippen MR) is 89.0 cm³/mol. The molecule has 1 aromatic heterocycles. The van der Waals surface area contributed by atoms with Gasteiger partial charge in [-0.2, -0.15) is 13.9 Å². The number of benzene rings is 1. The molecule has 1 aromatic carbocycles. The third-order valence-electron chi connectivity index (χ3n) is 4.41. The minimum Gasteiger partial charge on any atom is -0.366 e. The van der Waals surface area contributed by atoms with Crippen molar-refractivity contribution in [3.05, 3.63) is 46.8 Å². The SMILES string of the molecule is O=[N+]([O-])c1cc(S(=O)(=O)C(F)F)ccc1N1CCC(n2cccn2)CC1. The van der Waals surface area contributed by atoms with E-state index < -0.39 is 31.1 Å². The number of sulfone groups is 1. The Bertz CT molecular complexity index is 894. The Hall–Kier alpha value is -2.56. The summed E-state index contributed by atoms with van der Waals surface area (Å²) in [6.45, 7) is 1.01. The molecule has 0 bridgehead atoms. The van der Waals surface area contributed by atoms with Crippen molar-refractivity contribution in [1.82, 2.24) is 9.78 Å². The smallest absolute Gasteiger partial charge is 0.341 e. The van der Waals surface area contributed by atoms with Crippen molar-refractivity contribution >= 4 is 21.2 Å². The lowest BCUT2D eigenvalue weighted by Crippen LogP contribution is -2.35. The minimum atomic E-state index is -4.89. The maximum absolute atomic E-state index is 12.7. The number of nitrogens with zero attached hydrogens (tertiary/aromatic N) is 4. The van der Waals surface area contributed by atoms with Gasteiger partial charge in [0.25, 0.3) is 5.69 Å². The molecule has 26 heavy (non-hydrogen) atoms. The summed E-state index contributed by atoms with van der Waals surface area (Å²) in [5.74, 6) is -3.63. The van der Waals surface area contributed by atoms with Crippen molar-refractivity contribution in [3.63, 3.8) is 0 Å².